The van der Waals surface area contributed by atoms with E-state index in [2.05, 4.69) is 29.3 Å². The predicted octanol–water partition coefficient (Wildman–Crippen LogP) is 2.38. The third-order valence-electron chi connectivity index (χ3n) is 4.90. The molecule has 1 saturated heterocycles. The molecule has 134 valence electrons. The fraction of sp³-hybridized carbons (Fsp3) is 0.526. The van der Waals surface area contributed by atoms with E-state index in [4.69, 9.17) is 0 Å². The van der Waals surface area contributed by atoms with Crippen LogP contribution in [0.4, 0.5) is 0 Å². The summed E-state index contributed by atoms with van der Waals surface area (Å²) >= 11 is 0. The number of piperidine rings is 1. The Labute approximate surface area is 149 Å². The van der Waals surface area contributed by atoms with Gasteiger partial charge in [0.2, 0.25) is 0 Å². The Balaban J connectivity index is 1.58. The molecular formula is C19H27N5O. The van der Waals surface area contributed by atoms with Crippen LogP contribution in [0.2, 0.25) is 0 Å². The molecule has 25 heavy (non-hydrogen) atoms. The SMILES string of the molecule is Cc1ccc(-n2cc(C(=O)N3CCC(CCN(C)C)CC3)nn2)cc1. The average molecular weight is 341 g/mol. The van der Waals surface area contributed by atoms with Crippen LogP contribution in [0.25, 0.3) is 5.69 Å². The molecule has 0 atom stereocenters. The van der Waals surface area contributed by atoms with Gasteiger partial charge >= 0.3 is 0 Å². The van der Waals surface area contributed by atoms with Crippen molar-refractivity contribution in [3.05, 3.63) is 41.7 Å². The van der Waals surface area contributed by atoms with Gasteiger partial charge in [0.15, 0.2) is 5.69 Å². The second kappa shape index (κ2) is 7.78. The Morgan fingerprint density at radius 3 is 2.52 bits per heavy atom. The van der Waals surface area contributed by atoms with Crippen molar-refractivity contribution >= 4 is 5.91 Å². The summed E-state index contributed by atoms with van der Waals surface area (Å²) in [5.41, 5.74) is 2.53. The molecule has 0 bridgehead atoms. The van der Waals surface area contributed by atoms with Gasteiger partial charge in [-0.15, -0.1) is 5.10 Å². The number of hydrogen-bond acceptors (Lipinski definition) is 4. The molecule has 1 aromatic carbocycles. The maximum absolute atomic E-state index is 12.7. The minimum absolute atomic E-state index is 0.00980. The van der Waals surface area contributed by atoms with E-state index in [-0.39, 0.29) is 5.91 Å². The highest BCUT2D eigenvalue weighted by Gasteiger charge is 2.25. The normalized spacial score (nSPS) is 15.8. The zero-order valence-corrected chi connectivity index (χ0v) is 15.4. The molecule has 2 heterocycles. The fourth-order valence-electron chi connectivity index (χ4n) is 3.21. The summed E-state index contributed by atoms with van der Waals surface area (Å²) in [6.45, 7) is 4.79. The number of aryl methyl sites for hydroxylation is 1. The van der Waals surface area contributed by atoms with Crippen LogP contribution in [0.5, 0.6) is 0 Å². The van der Waals surface area contributed by atoms with Crippen LogP contribution in [0.1, 0.15) is 35.3 Å². The topological polar surface area (TPSA) is 54.3 Å². The monoisotopic (exact) mass is 341 g/mol. The van der Waals surface area contributed by atoms with Crippen LogP contribution >= 0.6 is 0 Å². The second-order valence-corrected chi connectivity index (χ2v) is 7.21. The first kappa shape index (κ1) is 17.6. The third-order valence-corrected chi connectivity index (χ3v) is 4.90. The van der Waals surface area contributed by atoms with Gasteiger partial charge in [0, 0.05) is 13.1 Å². The van der Waals surface area contributed by atoms with E-state index in [0.29, 0.717) is 5.69 Å². The van der Waals surface area contributed by atoms with Gasteiger partial charge in [-0.3, -0.25) is 4.79 Å². The highest BCUT2D eigenvalue weighted by atomic mass is 16.2. The predicted molar refractivity (Wildman–Crippen MR) is 97.9 cm³/mol. The number of nitrogens with zero attached hydrogens (tertiary/aromatic N) is 5. The van der Waals surface area contributed by atoms with Gasteiger partial charge in [-0.05, 0) is 64.9 Å². The van der Waals surface area contributed by atoms with Gasteiger partial charge in [0.05, 0.1) is 11.9 Å². The van der Waals surface area contributed by atoms with Crippen LogP contribution in [0.15, 0.2) is 30.5 Å². The van der Waals surface area contributed by atoms with Crippen molar-refractivity contribution in [2.24, 2.45) is 5.92 Å². The Hall–Kier alpha value is -2.21. The number of carbonyl (C=O) groups is 1. The van der Waals surface area contributed by atoms with Crippen molar-refractivity contribution in [2.75, 3.05) is 33.7 Å². The fourth-order valence-corrected chi connectivity index (χ4v) is 3.21. The zero-order valence-electron chi connectivity index (χ0n) is 15.4. The minimum atomic E-state index is -0.00980. The first-order chi connectivity index (χ1) is 12.0. The molecule has 1 aliphatic heterocycles. The van der Waals surface area contributed by atoms with Gasteiger partial charge < -0.3 is 9.80 Å². The molecule has 0 N–H and O–H groups in total. The lowest BCUT2D eigenvalue weighted by molar-refractivity contribution is 0.0677. The Kier molecular flexibility index (Phi) is 5.48. The average Bonchev–Trinajstić information content (AvgIpc) is 3.10. The summed E-state index contributed by atoms with van der Waals surface area (Å²) in [4.78, 5) is 16.8. The van der Waals surface area contributed by atoms with E-state index in [1.165, 1.54) is 12.0 Å². The summed E-state index contributed by atoms with van der Waals surface area (Å²) in [5.74, 6) is 0.708. The van der Waals surface area contributed by atoms with E-state index in [9.17, 15) is 4.79 Å². The molecule has 6 heteroatoms. The number of carbonyl (C=O) groups excluding carboxylic acids is 1. The molecule has 0 saturated carbocycles. The number of likely N-dealkylation sites (tertiary alicyclic amines) is 1. The van der Waals surface area contributed by atoms with Gasteiger partial charge in [-0.25, -0.2) is 4.68 Å². The molecule has 3 rings (SSSR count). The summed E-state index contributed by atoms with van der Waals surface area (Å²) in [5, 5.41) is 8.19. The highest BCUT2D eigenvalue weighted by molar-refractivity contribution is 5.92. The molecule has 0 radical (unpaired) electrons. The number of hydrogen-bond donors (Lipinski definition) is 0. The lowest BCUT2D eigenvalue weighted by Crippen LogP contribution is -2.39. The van der Waals surface area contributed by atoms with Crippen molar-refractivity contribution < 1.29 is 4.79 Å². The number of rotatable bonds is 5. The smallest absolute Gasteiger partial charge is 0.276 e. The molecule has 6 nitrogen and oxygen atoms in total. The van der Waals surface area contributed by atoms with Gasteiger partial charge in [-0.1, -0.05) is 22.9 Å². The van der Waals surface area contributed by atoms with Crippen LogP contribution in [0.3, 0.4) is 0 Å². The van der Waals surface area contributed by atoms with E-state index in [0.717, 1.165) is 44.1 Å². The van der Waals surface area contributed by atoms with E-state index >= 15 is 0 Å². The van der Waals surface area contributed by atoms with Gasteiger partial charge in [0.1, 0.15) is 0 Å². The Morgan fingerprint density at radius 1 is 1.20 bits per heavy atom. The lowest BCUT2D eigenvalue weighted by Gasteiger charge is -2.32. The van der Waals surface area contributed by atoms with Crippen molar-refractivity contribution in [3.63, 3.8) is 0 Å². The van der Waals surface area contributed by atoms with Crippen LogP contribution in [0, 0.1) is 12.8 Å². The number of aromatic nitrogens is 3. The number of benzene rings is 1. The van der Waals surface area contributed by atoms with Gasteiger partial charge in [-0.2, -0.15) is 0 Å². The van der Waals surface area contributed by atoms with Crippen molar-refractivity contribution in [2.45, 2.75) is 26.2 Å². The molecular weight excluding hydrogens is 314 g/mol. The lowest BCUT2D eigenvalue weighted by atomic mass is 9.93. The molecule has 1 aromatic heterocycles. The molecule has 1 amide bonds. The quantitative estimate of drug-likeness (QED) is 0.838. The maximum Gasteiger partial charge on any atom is 0.276 e. The van der Waals surface area contributed by atoms with Crippen LogP contribution < -0.4 is 0 Å². The summed E-state index contributed by atoms with van der Waals surface area (Å²) in [6.07, 6.45) is 5.08. The minimum Gasteiger partial charge on any atom is -0.337 e. The molecule has 0 unspecified atom stereocenters. The van der Waals surface area contributed by atoms with E-state index in [1.807, 2.05) is 36.1 Å². The molecule has 0 aliphatic carbocycles. The highest BCUT2D eigenvalue weighted by Crippen LogP contribution is 2.21. The molecule has 1 fully saturated rings. The van der Waals surface area contributed by atoms with Gasteiger partial charge in [0.25, 0.3) is 5.91 Å². The molecule has 1 aliphatic rings. The summed E-state index contributed by atoms with van der Waals surface area (Å²) in [7, 11) is 4.21. The Bertz CT molecular complexity index is 699. The van der Waals surface area contributed by atoms with Crippen LogP contribution in [-0.2, 0) is 0 Å². The van der Waals surface area contributed by atoms with E-state index < -0.39 is 0 Å². The summed E-state index contributed by atoms with van der Waals surface area (Å²) in [6, 6.07) is 8.01. The third kappa shape index (κ3) is 4.45. The van der Waals surface area contributed by atoms with Crippen molar-refractivity contribution in [1.29, 1.82) is 0 Å². The first-order valence-corrected chi connectivity index (χ1v) is 8.96. The van der Waals surface area contributed by atoms with Crippen LogP contribution in [-0.4, -0.2) is 64.4 Å². The van der Waals surface area contributed by atoms with Crippen molar-refractivity contribution in [3.8, 4) is 5.69 Å². The molecule has 2 aromatic rings. The van der Waals surface area contributed by atoms with E-state index in [1.54, 1.807) is 10.9 Å². The summed E-state index contributed by atoms with van der Waals surface area (Å²) < 4.78 is 1.66. The zero-order chi connectivity index (χ0) is 17.8. The van der Waals surface area contributed by atoms with Crippen molar-refractivity contribution in [1.82, 2.24) is 24.8 Å². The molecule has 0 spiro atoms. The number of amides is 1. The Morgan fingerprint density at radius 2 is 1.88 bits per heavy atom. The largest absolute Gasteiger partial charge is 0.337 e. The second-order valence-electron chi connectivity index (χ2n) is 7.21. The maximum atomic E-state index is 12.7. The standard InChI is InChI=1S/C19H27N5O/c1-15-4-6-17(7-5-15)24-14-18(20-21-24)19(25)23-12-9-16(10-13-23)8-11-22(2)3/h4-7,14,16H,8-13H2,1-3H3. The first-order valence-electron chi connectivity index (χ1n) is 8.96.